The van der Waals surface area contributed by atoms with Crippen molar-refractivity contribution < 1.29 is 4.52 Å². The number of hydrogen-bond donors (Lipinski definition) is 2. The fourth-order valence-corrected chi connectivity index (χ4v) is 3.34. The number of rotatable bonds is 6. The van der Waals surface area contributed by atoms with E-state index >= 15 is 0 Å². The van der Waals surface area contributed by atoms with Crippen LogP contribution in [0.1, 0.15) is 44.9 Å². The minimum Gasteiger partial charge on any atom is -0.356 e. The Kier molecular flexibility index (Phi) is 8.96. The van der Waals surface area contributed by atoms with Crippen LogP contribution in [0.4, 0.5) is 0 Å². The number of hydrogen-bond acceptors (Lipinski definition) is 5. The molecule has 2 heterocycles. The lowest BCUT2D eigenvalue weighted by atomic mass is 9.84. The highest BCUT2D eigenvalue weighted by Gasteiger charge is 2.20. The van der Waals surface area contributed by atoms with Crippen LogP contribution in [0.25, 0.3) is 11.6 Å². The van der Waals surface area contributed by atoms with Gasteiger partial charge in [-0.15, -0.1) is 24.0 Å². The number of aliphatic imine (C=N–C) groups is 1. The molecule has 27 heavy (non-hydrogen) atoms. The summed E-state index contributed by atoms with van der Waals surface area (Å²) in [6.07, 6.45) is 8.73. The van der Waals surface area contributed by atoms with Crippen LogP contribution in [0.3, 0.4) is 0 Å². The summed E-state index contributed by atoms with van der Waals surface area (Å²) in [6, 6.07) is 6.13. The Bertz CT molecular complexity index is 697. The van der Waals surface area contributed by atoms with Crippen molar-refractivity contribution in [3.63, 3.8) is 0 Å². The maximum Gasteiger partial charge on any atom is 0.276 e. The molecule has 8 heteroatoms. The van der Waals surface area contributed by atoms with Gasteiger partial charge in [0.1, 0.15) is 5.69 Å². The molecule has 2 aromatic heterocycles. The van der Waals surface area contributed by atoms with Crippen molar-refractivity contribution in [3.8, 4) is 11.6 Å². The Morgan fingerprint density at radius 3 is 2.74 bits per heavy atom. The maximum absolute atomic E-state index is 5.28. The van der Waals surface area contributed by atoms with Crippen LogP contribution >= 0.6 is 24.0 Å². The highest BCUT2D eigenvalue weighted by molar-refractivity contribution is 14.0. The summed E-state index contributed by atoms with van der Waals surface area (Å²) in [6.45, 7) is 2.99. The Hall–Kier alpha value is -1.71. The van der Waals surface area contributed by atoms with Crippen LogP contribution < -0.4 is 10.6 Å². The third-order valence-electron chi connectivity index (χ3n) is 4.98. The molecule has 7 nitrogen and oxygen atoms in total. The smallest absolute Gasteiger partial charge is 0.276 e. The van der Waals surface area contributed by atoms with Gasteiger partial charge in [0.15, 0.2) is 11.8 Å². The van der Waals surface area contributed by atoms with Gasteiger partial charge < -0.3 is 15.2 Å². The van der Waals surface area contributed by atoms with Gasteiger partial charge >= 0.3 is 0 Å². The molecular formula is C19H29IN6O. The van der Waals surface area contributed by atoms with Gasteiger partial charge in [-0.1, -0.05) is 24.6 Å². The first kappa shape index (κ1) is 21.6. The lowest BCUT2D eigenvalue weighted by Gasteiger charge is -2.29. The quantitative estimate of drug-likeness (QED) is 0.371. The van der Waals surface area contributed by atoms with Crippen molar-refractivity contribution >= 4 is 29.9 Å². The normalized spacial score (nSPS) is 20.0. The number of guanidine groups is 1. The molecule has 1 fully saturated rings. The maximum atomic E-state index is 5.28. The summed E-state index contributed by atoms with van der Waals surface area (Å²) < 4.78 is 5.28. The molecule has 1 aliphatic rings. The summed E-state index contributed by atoms with van der Waals surface area (Å²) in [5, 5.41) is 10.9. The molecular weight excluding hydrogens is 455 g/mol. The second-order valence-electron chi connectivity index (χ2n) is 6.75. The van der Waals surface area contributed by atoms with E-state index in [9.17, 15) is 0 Å². The predicted octanol–water partition coefficient (Wildman–Crippen LogP) is 3.43. The molecule has 0 amide bonds. The average molecular weight is 484 g/mol. The molecule has 0 radical (unpaired) electrons. The molecule has 2 N–H and O–H groups in total. The minimum absolute atomic E-state index is 0. The molecule has 0 aliphatic heterocycles. The molecule has 0 bridgehead atoms. The van der Waals surface area contributed by atoms with Gasteiger partial charge in [0.25, 0.3) is 5.89 Å². The van der Waals surface area contributed by atoms with Crippen LogP contribution in [0.15, 0.2) is 33.9 Å². The summed E-state index contributed by atoms with van der Waals surface area (Å²) in [5.41, 5.74) is 0.694. The topological polar surface area (TPSA) is 88.2 Å². The fraction of sp³-hybridized carbons (Fsp3) is 0.579. The molecule has 0 aromatic carbocycles. The lowest BCUT2D eigenvalue weighted by molar-refractivity contribution is 0.304. The van der Waals surface area contributed by atoms with Gasteiger partial charge in [0.05, 0.1) is 0 Å². The summed E-state index contributed by atoms with van der Waals surface area (Å²) in [4.78, 5) is 12.9. The van der Waals surface area contributed by atoms with Crippen molar-refractivity contribution in [2.24, 2.45) is 10.9 Å². The standard InChI is InChI=1S/C19H28N6O.HI/c1-3-14-7-9-15(10-8-14)23-19(20-2)22-13-11-17-24-18(26-25-17)16-6-4-5-12-21-16;/h4-6,12,14-15H,3,7-11,13H2,1-2H3,(H2,20,22,23);1H. The van der Waals surface area contributed by atoms with Crippen LogP contribution in [-0.2, 0) is 6.42 Å². The first-order valence-electron chi connectivity index (χ1n) is 9.49. The van der Waals surface area contributed by atoms with E-state index in [0.717, 1.165) is 11.9 Å². The van der Waals surface area contributed by atoms with Crippen LogP contribution in [0.5, 0.6) is 0 Å². The molecule has 1 aliphatic carbocycles. The first-order chi connectivity index (χ1) is 12.8. The molecule has 2 aromatic rings. The monoisotopic (exact) mass is 484 g/mol. The van der Waals surface area contributed by atoms with Gasteiger partial charge in [-0.05, 0) is 43.7 Å². The third-order valence-corrected chi connectivity index (χ3v) is 4.98. The molecule has 0 unspecified atom stereocenters. The van der Waals surface area contributed by atoms with E-state index < -0.39 is 0 Å². The summed E-state index contributed by atoms with van der Waals surface area (Å²) in [5.74, 6) is 2.86. The molecule has 0 atom stereocenters. The number of pyridine rings is 1. The van der Waals surface area contributed by atoms with Crippen molar-refractivity contribution in [2.75, 3.05) is 13.6 Å². The van der Waals surface area contributed by atoms with E-state index in [0.29, 0.717) is 36.4 Å². The van der Waals surface area contributed by atoms with Gasteiger partial charge in [-0.2, -0.15) is 4.98 Å². The van der Waals surface area contributed by atoms with E-state index in [-0.39, 0.29) is 24.0 Å². The Labute approximate surface area is 177 Å². The zero-order valence-electron chi connectivity index (χ0n) is 16.0. The van der Waals surface area contributed by atoms with Crippen molar-refractivity contribution in [1.82, 2.24) is 25.8 Å². The lowest BCUT2D eigenvalue weighted by Crippen LogP contribution is -2.45. The number of nitrogens with one attached hydrogen (secondary N) is 2. The van der Waals surface area contributed by atoms with Crippen LogP contribution in [-0.4, -0.2) is 40.7 Å². The fourth-order valence-electron chi connectivity index (χ4n) is 3.34. The third kappa shape index (κ3) is 6.44. The molecule has 0 saturated heterocycles. The Morgan fingerprint density at radius 2 is 2.07 bits per heavy atom. The highest BCUT2D eigenvalue weighted by Crippen LogP contribution is 2.26. The van der Waals surface area contributed by atoms with E-state index in [1.54, 1.807) is 13.2 Å². The molecule has 148 valence electrons. The number of aromatic nitrogens is 3. The largest absolute Gasteiger partial charge is 0.356 e. The minimum atomic E-state index is 0. The molecule has 3 rings (SSSR count). The predicted molar refractivity (Wildman–Crippen MR) is 117 cm³/mol. The SMILES string of the molecule is CCC1CCC(NC(=NC)NCCc2noc(-c3ccccn3)n2)CC1.I. The van der Waals surface area contributed by atoms with E-state index in [1.807, 2.05) is 18.2 Å². The summed E-state index contributed by atoms with van der Waals surface area (Å²) >= 11 is 0. The van der Waals surface area contributed by atoms with Gasteiger partial charge in [-0.25, -0.2) is 0 Å². The number of nitrogens with zero attached hydrogens (tertiary/aromatic N) is 4. The zero-order chi connectivity index (χ0) is 18.2. The van der Waals surface area contributed by atoms with E-state index in [1.165, 1.54) is 32.1 Å². The number of halogens is 1. The van der Waals surface area contributed by atoms with Gasteiger partial charge in [0.2, 0.25) is 0 Å². The average Bonchev–Trinajstić information content (AvgIpc) is 3.17. The Morgan fingerprint density at radius 1 is 1.26 bits per heavy atom. The summed E-state index contributed by atoms with van der Waals surface area (Å²) in [7, 11) is 1.81. The second-order valence-corrected chi connectivity index (χ2v) is 6.75. The van der Waals surface area contributed by atoms with Crippen molar-refractivity contribution in [2.45, 2.75) is 51.5 Å². The molecule has 1 saturated carbocycles. The zero-order valence-corrected chi connectivity index (χ0v) is 18.3. The van der Waals surface area contributed by atoms with Crippen molar-refractivity contribution in [3.05, 3.63) is 30.2 Å². The first-order valence-corrected chi connectivity index (χ1v) is 9.49. The van der Waals surface area contributed by atoms with Crippen molar-refractivity contribution in [1.29, 1.82) is 0 Å². The van der Waals surface area contributed by atoms with Crippen LogP contribution in [0, 0.1) is 5.92 Å². The highest BCUT2D eigenvalue weighted by atomic mass is 127. The van der Waals surface area contributed by atoms with Gasteiger partial charge in [-0.3, -0.25) is 9.98 Å². The van der Waals surface area contributed by atoms with E-state index in [2.05, 4.69) is 37.7 Å². The van der Waals surface area contributed by atoms with Crippen LogP contribution in [0.2, 0.25) is 0 Å². The van der Waals surface area contributed by atoms with E-state index in [4.69, 9.17) is 4.52 Å². The second kappa shape index (κ2) is 11.2. The Balaban J connectivity index is 0.00000261. The molecule has 0 spiro atoms. The van der Waals surface area contributed by atoms with Gasteiger partial charge in [0, 0.05) is 32.3 Å².